The van der Waals surface area contributed by atoms with Gasteiger partial charge in [0.1, 0.15) is 0 Å². The Morgan fingerprint density at radius 3 is 2.18 bits per heavy atom. The molecule has 1 unspecified atom stereocenters. The van der Waals surface area contributed by atoms with Gasteiger partial charge in [-0.2, -0.15) is 0 Å². The summed E-state index contributed by atoms with van der Waals surface area (Å²) in [5.41, 5.74) is 6.00. The average Bonchev–Trinajstić information content (AvgIpc) is 2.31. The molecule has 1 amide bonds. The fourth-order valence-electron chi connectivity index (χ4n) is 5.01. The molecule has 0 aromatic heterocycles. The lowest BCUT2D eigenvalue weighted by atomic mass is 9.51. The summed E-state index contributed by atoms with van der Waals surface area (Å²) in [4.78, 5) is 11.5. The highest BCUT2D eigenvalue weighted by molar-refractivity contribution is 5.81. The summed E-state index contributed by atoms with van der Waals surface area (Å²) in [7, 11) is 1.68. The van der Waals surface area contributed by atoms with Crippen LogP contribution in [0.25, 0.3) is 0 Å². The van der Waals surface area contributed by atoms with Gasteiger partial charge in [-0.15, -0.1) is 0 Å². The maximum absolute atomic E-state index is 11.5. The van der Waals surface area contributed by atoms with Gasteiger partial charge in [-0.25, -0.2) is 0 Å². The second-order valence-corrected chi connectivity index (χ2v) is 6.55. The van der Waals surface area contributed by atoms with Crippen LogP contribution in [0.3, 0.4) is 0 Å². The van der Waals surface area contributed by atoms with Crippen LogP contribution in [0.5, 0.6) is 0 Å². The number of carbonyl (C=O) groups excluding carboxylic acids is 1. The molecule has 3 nitrogen and oxygen atoms in total. The first-order valence-electron chi connectivity index (χ1n) is 7.14. The van der Waals surface area contributed by atoms with Crippen LogP contribution >= 0.6 is 0 Å². The molecule has 3 heteroatoms. The molecule has 96 valence electrons. The van der Waals surface area contributed by atoms with E-state index >= 15 is 0 Å². The molecule has 0 aliphatic heterocycles. The third-order valence-electron chi connectivity index (χ3n) is 5.53. The van der Waals surface area contributed by atoms with Crippen LogP contribution < -0.4 is 11.1 Å². The van der Waals surface area contributed by atoms with Crippen molar-refractivity contribution < 1.29 is 4.79 Å². The van der Waals surface area contributed by atoms with E-state index in [4.69, 9.17) is 5.73 Å². The fraction of sp³-hybridized carbons (Fsp3) is 0.929. The molecule has 3 N–H and O–H groups in total. The van der Waals surface area contributed by atoms with Gasteiger partial charge in [0.05, 0.1) is 6.04 Å². The van der Waals surface area contributed by atoms with Crippen molar-refractivity contribution in [3.8, 4) is 0 Å². The van der Waals surface area contributed by atoms with E-state index in [1.54, 1.807) is 7.05 Å². The normalized spacial score (nSPS) is 44.7. The van der Waals surface area contributed by atoms with Crippen LogP contribution in [-0.4, -0.2) is 19.0 Å². The molecular formula is C14H24N2O. The molecule has 4 fully saturated rings. The van der Waals surface area contributed by atoms with Gasteiger partial charge in [-0.3, -0.25) is 4.79 Å². The summed E-state index contributed by atoms with van der Waals surface area (Å²) >= 11 is 0. The molecule has 4 rings (SSSR count). The second kappa shape index (κ2) is 4.27. The average molecular weight is 236 g/mol. The third kappa shape index (κ3) is 1.99. The molecular weight excluding hydrogens is 212 g/mol. The zero-order valence-corrected chi connectivity index (χ0v) is 10.7. The quantitative estimate of drug-likeness (QED) is 0.780. The number of rotatable bonds is 3. The number of amides is 1. The molecule has 0 heterocycles. The van der Waals surface area contributed by atoms with E-state index in [1.807, 2.05) is 0 Å². The predicted octanol–water partition coefficient (Wildman–Crippen LogP) is 1.52. The number of nitrogens with one attached hydrogen (secondary N) is 1. The van der Waals surface area contributed by atoms with Crippen molar-refractivity contribution in [1.29, 1.82) is 0 Å². The first-order valence-corrected chi connectivity index (χ1v) is 7.14. The summed E-state index contributed by atoms with van der Waals surface area (Å²) in [6, 6.07) is -0.289. The van der Waals surface area contributed by atoms with Gasteiger partial charge >= 0.3 is 0 Å². The number of hydrogen-bond donors (Lipinski definition) is 2. The monoisotopic (exact) mass is 236 g/mol. The Kier molecular flexibility index (Phi) is 2.89. The molecule has 4 aliphatic rings. The largest absolute Gasteiger partial charge is 0.358 e. The summed E-state index contributed by atoms with van der Waals surface area (Å²) in [5, 5.41) is 2.67. The van der Waals surface area contributed by atoms with Gasteiger partial charge < -0.3 is 11.1 Å². The van der Waals surface area contributed by atoms with Crippen LogP contribution in [0.1, 0.15) is 38.5 Å². The van der Waals surface area contributed by atoms with Crippen molar-refractivity contribution in [2.45, 2.75) is 44.6 Å². The molecule has 0 radical (unpaired) electrons. The van der Waals surface area contributed by atoms with Crippen LogP contribution in [0.15, 0.2) is 0 Å². The molecule has 17 heavy (non-hydrogen) atoms. The van der Waals surface area contributed by atoms with Gasteiger partial charge in [0.15, 0.2) is 0 Å². The molecule has 0 spiro atoms. The number of nitrogens with two attached hydrogens (primary N) is 1. The van der Waals surface area contributed by atoms with E-state index in [-0.39, 0.29) is 11.9 Å². The van der Waals surface area contributed by atoms with Crippen LogP contribution in [0.2, 0.25) is 0 Å². The number of carbonyl (C=O) groups is 1. The minimum absolute atomic E-state index is 0.0128. The zero-order valence-electron chi connectivity index (χ0n) is 10.7. The summed E-state index contributed by atoms with van der Waals surface area (Å²) in [5.74, 6) is 4.51. The standard InChI is InChI=1S/C14H24N2O/c1-16-14(17)13(15)7-12-10-3-8-2-9(5-10)6-11(12)4-8/h8-13H,2-7,15H2,1H3,(H,16,17). The predicted molar refractivity (Wildman–Crippen MR) is 67.2 cm³/mol. The maximum Gasteiger partial charge on any atom is 0.236 e. The Balaban J connectivity index is 1.66. The van der Waals surface area contributed by atoms with Crippen molar-refractivity contribution in [2.24, 2.45) is 35.3 Å². The summed E-state index contributed by atoms with van der Waals surface area (Å²) in [6.45, 7) is 0. The van der Waals surface area contributed by atoms with Gasteiger partial charge in [0.25, 0.3) is 0 Å². The Labute approximate surface area is 104 Å². The maximum atomic E-state index is 11.5. The van der Waals surface area contributed by atoms with Crippen molar-refractivity contribution in [3.63, 3.8) is 0 Å². The van der Waals surface area contributed by atoms with Gasteiger partial charge in [-0.05, 0) is 68.1 Å². The molecule has 0 saturated heterocycles. The molecule has 0 aromatic carbocycles. The summed E-state index contributed by atoms with van der Waals surface area (Å²) < 4.78 is 0. The Bertz CT molecular complexity index is 287. The van der Waals surface area contributed by atoms with E-state index < -0.39 is 0 Å². The number of hydrogen-bond acceptors (Lipinski definition) is 2. The van der Waals surface area contributed by atoms with Crippen LogP contribution in [-0.2, 0) is 4.79 Å². The van der Waals surface area contributed by atoms with Gasteiger partial charge in [0.2, 0.25) is 5.91 Å². The molecule has 4 aliphatic carbocycles. The first-order chi connectivity index (χ1) is 8.17. The lowest BCUT2D eigenvalue weighted by Gasteiger charge is -2.55. The highest BCUT2D eigenvalue weighted by Gasteiger charge is 2.48. The number of likely N-dealkylation sites (N-methyl/N-ethyl adjacent to an activating group) is 1. The summed E-state index contributed by atoms with van der Waals surface area (Å²) in [6.07, 6.45) is 8.06. The van der Waals surface area contributed by atoms with E-state index in [2.05, 4.69) is 5.32 Å². The van der Waals surface area contributed by atoms with Crippen molar-refractivity contribution in [3.05, 3.63) is 0 Å². The molecule has 0 aromatic rings. The smallest absolute Gasteiger partial charge is 0.236 e. The van der Waals surface area contributed by atoms with E-state index in [1.165, 1.54) is 32.1 Å². The highest BCUT2D eigenvalue weighted by Crippen LogP contribution is 2.57. The Morgan fingerprint density at radius 2 is 1.71 bits per heavy atom. The van der Waals surface area contributed by atoms with E-state index in [9.17, 15) is 4.79 Å². The zero-order chi connectivity index (χ0) is 12.0. The van der Waals surface area contributed by atoms with E-state index in [0.29, 0.717) is 0 Å². The Hall–Kier alpha value is -0.570. The van der Waals surface area contributed by atoms with E-state index in [0.717, 1.165) is 36.0 Å². The third-order valence-corrected chi connectivity index (χ3v) is 5.53. The lowest BCUT2D eigenvalue weighted by molar-refractivity contribution is -0.123. The van der Waals surface area contributed by atoms with Crippen LogP contribution in [0.4, 0.5) is 0 Å². The van der Waals surface area contributed by atoms with Gasteiger partial charge in [-0.1, -0.05) is 0 Å². The van der Waals surface area contributed by atoms with Gasteiger partial charge in [0, 0.05) is 7.05 Å². The highest BCUT2D eigenvalue weighted by atomic mass is 16.2. The van der Waals surface area contributed by atoms with Crippen molar-refractivity contribution in [1.82, 2.24) is 5.32 Å². The Morgan fingerprint density at radius 1 is 1.18 bits per heavy atom. The fourth-order valence-corrected chi connectivity index (χ4v) is 5.01. The molecule has 4 saturated carbocycles. The SMILES string of the molecule is CNC(=O)C(N)CC1C2CC3CC(C2)CC1C3. The van der Waals surface area contributed by atoms with Crippen LogP contribution in [0, 0.1) is 29.6 Å². The molecule has 4 bridgehead atoms. The minimum Gasteiger partial charge on any atom is -0.358 e. The van der Waals surface area contributed by atoms with Crippen molar-refractivity contribution in [2.75, 3.05) is 7.05 Å². The first kappa shape index (κ1) is 11.5. The molecule has 1 atom stereocenters. The topological polar surface area (TPSA) is 55.1 Å². The lowest BCUT2D eigenvalue weighted by Crippen LogP contribution is -2.49. The second-order valence-electron chi connectivity index (χ2n) is 6.55. The minimum atomic E-state index is -0.289. The van der Waals surface area contributed by atoms with Crippen molar-refractivity contribution >= 4 is 5.91 Å².